The Hall–Kier alpha value is -1.53. The number of Topliss-reactive ketones (excluding diaryl/α,β-unsaturated/α-hetero) is 1. The van der Waals surface area contributed by atoms with Crippen LogP contribution in [0, 0.1) is 0 Å². The van der Waals surface area contributed by atoms with Crippen molar-refractivity contribution in [3.8, 4) is 5.75 Å². The number of halogens is 2. The van der Waals surface area contributed by atoms with Crippen molar-refractivity contribution in [3.63, 3.8) is 0 Å². The van der Waals surface area contributed by atoms with Crippen LogP contribution in [0.5, 0.6) is 5.75 Å². The van der Waals surface area contributed by atoms with Gasteiger partial charge in [0.2, 0.25) is 0 Å². The molecule has 0 heterocycles. The van der Waals surface area contributed by atoms with Gasteiger partial charge in [0, 0.05) is 6.54 Å². The minimum atomic E-state index is -2.54. The van der Waals surface area contributed by atoms with Crippen LogP contribution in [0.4, 0.5) is 8.78 Å². The number of ketones is 1. The molecule has 0 bridgehead atoms. The van der Waals surface area contributed by atoms with E-state index in [0.29, 0.717) is 11.3 Å². The van der Waals surface area contributed by atoms with Gasteiger partial charge in [-0.25, -0.2) is 8.78 Å². The zero-order valence-corrected chi connectivity index (χ0v) is 10.7. The molecule has 0 aliphatic rings. The first-order valence-electron chi connectivity index (χ1n) is 5.86. The summed E-state index contributed by atoms with van der Waals surface area (Å²) in [6, 6.07) is 6.62. The smallest absolute Gasteiger partial charge is 0.251 e. The second-order valence-corrected chi connectivity index (χ2v) is 3.97. The number of hydrogen-bond donors (Lipinski definition) is 1. The predicted molar refractivity (Wildman–Crippen MR) is 66.9 cm³/mol. The Bertz CT molecular complexity index is 413. The van der Waals surface area contributed by atoms with Gasteiger partial charge in [-0.15, -0.1) is 0 Å². The van der Waals surface area contributed by atoms with Crippen molar-refractivity contribution in [1.29, 1.82) is 0 Å². The number of carbonyl (C=O) groups is 1. The van der Waals surface area contributed by atoms with Crippen LogP contribution in [-0.4, -0.2) is 55.6 Å². The summed E-state index contributed by atoms with van der Waals surface area (Å²) >= 11 is 0. The van der Waals surface area contributed by atoms with Crippen molar-refractivity contribution in [1.82, 2.24) is 4.90 Å². The molecule has 0 spiro atoms. The largest absolute Gasteiger partial charge is 0.496 e. The highest BCUT2D eigenvalue weighted by molar-refractivity contribution is 6.00. The first-order valence-corrected chi connectivity index (χ1v) is 5.86. The fourth-order valence-electron chi connectivity index (χ4n) is 1.73. The molecule has 6 heteroatoms. The van der Waals surface area contributed by atoms with Gasteiger partial charge in [-0.05, 0) is 12.1 Å². The van der Waals surface area contributed by atoms with Crippen LogP contribution in [0.25, 0.3) is 0 Å². The first kappa shape index (κ1) is 15.5. The number of alkyl halides is 2. The number of aliphatic hydroxyl groups excluding tert-OH is 1. The summed E-state index contributed by atoms with van der Waals surface area (Å²) in [5.74, 6) is 0.0973. The van der Waals surface area contributed by atoms with E-state index in [9.17, 15) is 13.6 Å². The van der Waals surface area contributed by atoms with Crippen LogP contribution >= 0.6 is 0 Å². The maximum atomic E-state index is 12.3. The van der Waals surface area contributed by atoms with Crippen molar-refractivity contribution in [2.45, 2.75) is 6.43 Å². The van der Waals surface area contributed by atoms with E-state index in [1.165, 1.54) is 12.0 Å². The lowest BCUT2D eigenvalue weighted by molar-refractivity contribution is 0.0687. The fraction of sp³-hybridized carbons (Fsp3) is 0.462. The van der Waals surface area contributed by atoms with E-state index in [-0.39, 0.29) is 25.5 Å². The highest BCUT2D eigenvalue weighted by Gasteiger charge is 2.18. The Kier molecular flexibility index (Phi) is 6.38. The Labute approximate surface area is 110 Å². The summed E-state index contributed by atoms with van der Waals surface area (Å²) in [6.07, 6.45) is -2.54. The summed E-state index contributed by atoms with van der Waals surface area (Å²) in [4.78, 5) is 13.3. The highest BCUT2D eigenvalue weighted by atomic mass is 19.3. The molecule has 4 nitrogen and oxygen atoms in total. The van der Waals surface area contributed by atoms with Crippen LogP contribution < -0.4 is 4.74 Å². The average Bonchev–Trinajstić information content (AvgIpc) is 2.38. The molecule has 0 saturated carbocycles. The van der Waals surface area contributed by atoms with Crippen LogP contribution in [-0.2, 0) is 0 Å². The molecule has 106 valence electrons. The van der Waals surface area contributed by atoms with E-state index < -0.39 is 13.0 Å². The summed E-state index contributed by atoms with van der Waals surface area (Å²) in [7, 11) is 1.44. The fourth-order valence-corrected chi connectivity index (χ4v) is 1.73. The molecular weight excluding hydrogens is 256 g/mol. The molecule has 0 aromatic heterocycles. The van der Waals surface area contributed by atoms with Crippen molar-refractivity contribution >= 4 is 5.78 Å². The molecule has 0 amide bonds. The van der Waals surface area contributed by atoms with Crippen LogP contribution in [0.15, 0.2) is 24.3 Å². The summed E-state index contributed by atoms with van der Waals surface area (Å²) < 4.78 is 29.7. The van der Waals surface area contributed by atoms with Gasteiger partial charge in [-0.1, -0.05) is 12.1 Å². The number of methoxy groups -OCH3 is 1. The highest BCUT2D eigenvalue weighted by Crippen LogP contribution is 2.18. The topological polar surface area (TPSA) is 49.8 Å². The standard InChI is InChI=1S/C13H17F2NO3/c1-19-12-5-3-2-4-10(12)11(18)8-16(6-7-17)9-13(14)15/h2-5,13,17H,6-9H2,1H3. The summed E-state index contributed by atoms with van der Waals surface area (Å²) in [5.41, 5.74) is 0.349. The number of benzene rings is 1. The third-order valence-corrected chi connectivity index (χ3v) is 2.59. The number of carbonyl (C=O) groups excluding carboxylic acids is 1. The molecule has 1 aromatic rings. The lowest BCUT2D eigenvalue weighted by Crippen LogP contribution is -2.36. The minimum Gasteiger partial charge on any atom is -0.496 e. The van der Waals surface area contributed by atoms with Crippen molar-refractivity contribution in [2.24, 2.45) is 0 Å². The summed E-state index contributed by atoms with van der Waals surface area (Å²) in [5, 5.41) is 8.81. The van der Waals surface area contributed by atoms with E-state index in [1.807, 2.05) is 0 Å². The first-order chi connectivity index (χ1) is 9.08. The monoisotopic (exact) mass is 273 g/mol. The molecule has 0 atom stereocenters. The number of rotatable bonds is 8. The second kappa shape index (κ2) is 7.81. The van der Waals surface area contributed by atoms with Gasteiger partial charge >= 0.3 is 0 Å². The summed E-state index contributed by atoms with van der Waals surface area (Å²) in [6.45, 7) is -0.954. The third kappa shape index (κ3) is 4.92. The Balaban J connectivity index is 2.75. The molecule has 1 aromatic carbocycles. The van der Waals surface area contributed by atoms with Crippen LogP contribution in [0.2, 0.25) is 0 Å². The van der Waals surface area contributed by atoms with Crippen LogP contribution in [0.1, 0.15) is 10.4 Å². The number of aliphatic hydroxyl groups is 1. The Morgan fingerprint density at radius 2 is 2.11 bits per heavy atom. The molecule has 0 fully saturated rings. The van der Waals surface area contributed by atoms with Gasteiger partial charge in [-0.2, -0.15) is 0 Å². The van der Waals surface area contributed by atoms with E-state index in [1.54, 1.807) is 24.3 Å². The SMILES string of the molecule is COc1ccccc1C(=O)CN(CCO)CC(F)F. The lowest BCUT2D eigenvalue weighted by atomic mass is 10.1. The number of para-hydroxylation sites is 1. The van der Waals surface area contributed by atoms with Gasteiger partial charge < -0.3 is 9.84 Å². The predicted octanol–water partition coefficient (Wildman–Crippen LogP) is 1.44. The normalized spacial score (nSPS) is 11.1. The number of nitrogens with zero attached hydrogens (tertiary/aromatic N) is 1. The zero-order valence-electron chi connectivity index (χ0n) is 10.7. The molecular formula is C13H17F2NO3. The number of hydrogen-bond acceptors (Lipinski definition) is 4. The van der Waals surface area contributed by atoms with Gasteiger partial charge in [0.1, 0.15) is 5.75 Å². The van der Waals surface area contributed by atoms with Gasteiger partial charge in [0.25, 0.3) is 6.43 Å². The molecule has 0 aliphatic heterocycles. The van der Waals surface area contributed by atoms with E-state index in [4.69, 9.17) is 9.84 Å². The molecule has 0 unspecified atom stereocenters. The molecule has 0 saturated heterocycles. The van der Waals surface area contributed by atoms with E-state index in [2.05, 4.69) is 0 Å². The molecule has 19 heavy (non-hydrogen) atoms. The molecule has 0 aliphatic carbocycles. The molecule has 0 radical (unpaired) electrons. The van der Waals surface area contributed by atoms with Gasteiger partial charge in [0.05, 0.1) is 32.4 Å². The minimum absolute atomic E-state index is 0.0330. The third-order valence-electron chi connectivity index (χ3n) is 2.59. The molecule has 1 rings (SSSR count). The Morgan fingerprint density at radius 3 is 2.68 bits per heavy atom. The average molecular weight is 273 g/mol. The molecule has 1 N–H and O–H groups in total. The second-order valence-electron chi connectivity index (χ2n) is 3.97. The van der Waals surface area contributed by atoms with Crippen LogP contribution in [0.3, 0.4) is 0 Å². The Morgan fingerprint density at radius 1 is 1.42 bits per heavy atom. The van der Waals surface area contributed by atoms with Crippen molar-refractivity contribution < 1.29 is 23.4 Å². The lowest BCUT2D eigenvalue weighted by Gasteiger charge is -2.20. The number of ether oxygens (including phenoxy) is 1. The van der Waals surface area contributed by atoms with Gasteiger partial charge in [-0.3, -0.25) is 9.69 Å². The quantitative estimate of drug-likeness (QED) is 0.728. The van der Waals surface area contributed by atoms with Gasteiger partial charge in [0.15, 0.2) is 5.78 Å². The zero-order chi connectivity index (χ0) is 14.3. The maximum Gasteiger partial charge on any atom is 0.251 e. The van der Waals surface area contributed by atoms with Crippen molar-refractivity contribution in [2.75, 3.05) is 33.4 Å². The van der Waals surface area contributed by atoms with E-state index in [0.717, 1.165) is 0 Å². The van der Waals surface area contributed by atoms with Crippen molar-refractivity contribution in [3.05, 3.63) is 29.8 Å². The maximum absolute atomic E-state index is 12.3. The van der Waals surface area contributed by atoms with E-state index >= 15 is 0 Å².